The van der Waals surface area contributed by atoms with Crippen LogP contribution in [-0.4, -0.2) is 47.8 Å². The van der Waals surface area contributed by atoms with Crippen molar-refractivity contribution in [1.82, 2.24) is 9.88 Å². The molecule has 2 aliphatic rings. The molecule has 4 nitrogen and oxygen atoms in total. The first-order valence-corrected chi connectivity index (χ1v) is 9.64. The number of pyridine rings is 1. The topological polar surface area (TPSA) is 34.6 Å². The summed E-state index contributed by atoms with van der Waals surface area (Å²) >= 11 is 0. The van der Waals surface area contributed by atoms with Crippen LogP contribution in [-0.2, 0) is 22.5 Å². The quantitative estimate of drug-likeness (QED) is 0.798. The zero-order valence-electron chi connectivity index (χ0n) is 15.6. The molecule has 1 unspecified atom stereocenters. The Bertz CT molecular complexity index is 713. The van der Waals surface area contributed by atoms with Gasteiger partial charge in [-0.05, 0) is 42.5 Å². The summed E-state index contributed by atoms with van der Waals surface area (Å²) in [6.45, 7) is 6.75. The van der Waals surface area contributed by atoms with Gasteiger partial charge in [-0.1, -0.05) is 30.3 Å². The lowest BCUT2D eigenvalue weighted by molar-refractivity contribution is -0.198. The molecule has 0 amide bonds. The molecule has 1 aromatic heterocycles. The highest BCUT2D eigenvalue weighted by atomic mass is 16.5. The molecule has 3 heterocycles. The van der Waals surface area contributed by atoms with E-state index in [1.807, 2.05) is 18.5 Å². The van der Waals surface area contributed by atoms with E-state index in [2.05, 4.69) is 47.1 Å². The molecule has 4 heteroatoms. The zero-order chi connectivity index (χ0) is 17.8. The second-order valence-corrected chi connectivity index (χ2v) is 7.71. The van der Waals surface area contributed by atoms with E-state index in [-0.39, 0.29) is 5.60 Å². The number of hydrogen-bond acceptors (Lipinski definition) is 4. The van der Waals surface area contributed by atoms with Crippen molar-refractivity contribution in [2.24, 2.45) is 0 Å². The van der Waals surface area contributed by atoms with Crippen molar-refractivity contribution in [1.29, 1.82) is 0 Å². The van der Waals surface area contributed by atoms with Crippen LogP contribution in [0.1, 0.15) is 29.5 Å². The summed E-state index contributed by atoms with van der Waals surface area (Å²) in [5.41, 5.74) is 3.86. The highest BCUT2D eigenvalue weighted by Gasteiger charge is 2.47. The van der Waals surface area contributed by atoms with Crippen LogP contribution in [0.2, 0.25) is 0 Å². The largest absolute Gasteiger partial charge is 0.373 e. The lowest BCUT2D eigenvalue weighted by Gasteiger charge is -2.53. The third-order valence-corrected chi connectivity index (χ3v) is 5.65. The maximum Gasteiger partial charge on any atom is 0.0959 e. The van der Waals surface area contributed by atoms with Crippen LogP contribution in [0.25, 0.3) is 0 Å². The van der Waals surface area contributed by atoms with Gasteiger partial charge in [0.25, 0.3) is 0 Å². The van der Waals surface area contributed by atoms with E-state index in [1.54, 1.807) is 0 Å². The lowest BCUT2D eigenvalue weighted by atomic mass is 9.84. The van der Waals surface area contributed by atoms with Crippen LogP contribution in [0, 0.1) is 6.92 Å². The fourth-order valence-electron chi connectivity index (χ4n) is 4.06. The molecule has 0 radical (unpaired) electrons. The highest BCUT2D eigenvalue weighted by molar-refractivity contribution is 5.20. The normalized spacial score (nSPS) is 22.3. The Kier molecular flexibility index (Phi) is 5.34. The second-order valence-electron chi connectivity index (χ2n) is 7.71. The van der Waals surface area contributed by atoms with E-state index < -0.39 is 0 Å². The van der Waals surface area contributed by atoms with E-state index >= 15 is 0 Å². The molecule has 138 valence electrons. The SMILES string of the molecule is Cc1ccncc1COC1CCOC2(C1)CN(CCc1ccccc1)C2. The number of benzene rings is 1. The Morgan fingerprint density at radius 1 is 1.23 bits per heavy atom. The third kappa shape index (κ3) is 4.14. The summed E-state index contributed by atoms with van der Waals surface area (Å²) in [6.07, 6.45) is 7.15. The van der Waals surface area contributed by atoms with Gasteiger partial charge in [-0.3, -0.25) is 9.88 Å². The van der Waals surface area contributed by atoms with Crippen molar-refractivity contribution < 1.29 is 9.47 Å². The molecule has 2 saturated heterocycles. The van der Waals surface area contributed by atoms with E-state index in [1.165, 1.54) is 16.7 Å². The maximum absolute atomic E-state index is 6.21. The van der Waals surface area contributed by atoms with Crippen molar-refractivity contribution in [3.8, 4) is 0 Å². The Morgan fingerprint density at radius 2 is 2.08 bits per heavy atom. The standard InChI is InChI=1S/C22H28N2O2/c1-18-7-10-23-14-20(18)15-25-21-9-12-26-22(13-21)16-24(17-22)11-8-19-5-3-2-4-6-19/h2-7,10,14,21H,8-9,11-13,15-17H2,1H3. The van der Waals surface area contributed by atoms with Gasteiger partial charge < -0.3 is 9.47 Å². The highest BCUT2D eigenvalue weighted by Crippen LogP contribution is 2.35. The van der Waals surface area contributed by atoms with Gasteiger partial charge in [-0.25, -0.2) is 0 Å². The molecular formula is C22H28N2O2. The molecule has 2 aromatic rings. The average Bonchev–Trinajstić information content (AvgIpc) is 2.65. The van der Waals surface area contributed by atoms with Gasteiger partial charge in [0.15, 0.2) is 0 Å². The van der Waals surface area contributed by atoms with Gasteiger partial charge in [0.05, 0.1) is 18.3 Å². The van der Waals surface area contributed by atoms with Crippen molar-refractivity contribution in [2.75, 3.05) is 26.2 Å². The summed E-state index contributed by atoms with van der Waals surface area (Å²) < 4.78 is 12.4. The molecule has 0 saturated carbocycles. The van der Waals surface area contributed by atoms with Crippen LogP contribution in [0.5, 0.6) is 0 Å². The average molecular weight is 352 g/mol. The van der Waals surface area contributed by atoms with Gasteiger partial charge in [0.1, 0.15) is 0 Å². The van der Waals surface area contributed by atoms with E-state index in [0.717, 1.165) is 45.5 Å². The summed E-state index contributed by atoms with van der Waals surface area (Å²) in [5, 5.41) is 0. The number of rotatable bonds is 6. The van der Waals surface area contributed by atoms with Crippen molar-refractivity contribution in [2.45, 2.75) is 44.5 Å². The Morgan fingerprint density at radius 3 is 2.88 bits per heavy atom. The number of likely N-dealkylation sites (tertiary alicyclic amines) is 1. The van der Waals surface area contributed by atoms with E-state index in [0.29, 0.717) is 12.7 Å². The van der Waals surface area contributed by atoms with Gasteiger partial charge in [-0.15, -0.1) is 0 Å². The summed E-state index contributed by atoms with van der Waals surface area (Å²) in [6, 6.07) is 12.8. The van der Waals surface area contributed by atoms with Crippen LogP contribution in [0.4, 0.5) is 0 Å². The molecule has 0 N–H and O–H groups in total. The van der Waals surface area contributed by atoms with Crippen molar-refractivity contribution in [3.63, 3.8) is 0 Å². The van der Waals surface area contributed by atoms with E-state index in [4.69, 9.17) is 9.47 Å². The van der Waals surface area contributed by atoms with E-state index in [9.17, 15) is 0 Å². The maximum atomic E-state index is 6.21. The van der Waals surface area contributed by atoms with Gasteiger partial charge in [0.2, 0.25) is 0 Å². The number of aromatic nitrogens is 1. The number of hydrogen-bond donors (Lipinski definition) is 0. The smallest absolute Gasteiger partial charge is 0.0959 e. The molecule has 0 aliphatic carbocycles. The molecule has 1 aromatic carbocycles. The fraction of sp³-hybridized carbons (Fsp3) is 0.500. The number of nitrogens with zero attached hydrogens (tertiary/aromatic N) is 2. The zero-order valence-corrected chi connectivity index (χ0v) is 15.6. The second kappa shape index (κ2) is 7.87. The van der Waals surface area contributed by atoms with Crippen LogP contribution in [0.3, 0.4) is 0 Å². The molecule has 4 rings (SSSR count). The van der Waals surface area contributed by atoms with Crippen LogP contribution < -0.4 is 0 Å². The minimum absolute atomic E-state index is 0.0174. The number of ether oxygens (including phenoxy) is 2. The first-order chi connectivity index (χ1) is 12.7. The minimum Gasteiger partial charge on any atom is -0.373 e. The molecular weight excluding hydrogens is 324 g/mol. The molecule has 2 aliphatic heterocycles. The van der Waals surface area contributed by atoms with Crippen molar-refractivity contribution in [3.05, 3.63) is 65.5 Å². The van der Waals surface area contributed by atoms with Gasteiger partial charge >= 0.3 is 0 Å². The monoisotopic (exact) mass is 352 g/mol. The summed E-state index contributed by atoms with van der Waals surface area (Å²) in [5.74, 6) is 0. The van der Waals surface area contributed by atoms with Gasteiger partial charge in [-0.2, -0.15) is 0 Å². The Hall–Kier alpha value is -1.75. The minimum atomic E-state index is 0.0174. The molecule has 0 bridgehead atoms. The Balaban J connectivity index is 1.23. The third-order valence-electron chi connectivity index (χ3n) is 5.65. The first-order valence-electron chi connectivity index (χ1n) is 9.64. The molecule has 2 fully saturated rings. The summed E-state index contributed by atoms with van der Waals surface area (Å²) in [4.78, 5) is 6.71. The predicted molar refractivity (Wildman–Crippen MR) is 102 cm³/mol. The van der Waals surface area contributed by atoms with Crippen LogP contribution >= 0.6 is 0 Å². The van der Waals surface area contributed by atoms with Crippen LogP contribution in [0.15, 0.2) is 48.8 Å². The lowest BCUT2D eigenvalue weighted by Crippen LogP contribution is -2.66. The molecule has 1 spiro atoms. The first kappa shape index (κ1) is 17.7. The molecule has 1 atom stereocenters. The summed E-state index contributed by atoms with van der Waals surface area (Å²) in [7, 11) is 0. The molecule has 26 heavy (non-hydrogen) atoms. The Labute approximate surface area is 156 Å². The fourth-order valence-corrected chi connectivity index (χ4v) is 4.06. The number of aryl methyl sites for hydroxylation is 1. The predicted octanol–water partition coefficient (Wildman–Crippen LogP) is 3.38. The van der Waals surface area contributed by atoms with Gasteiger partial charge in [0, 0.05) is 45.1 Å². The van der Waals surface area contributed by atoms with Crippen molar-refractivity contribution >= 4 is 0 Å².